The van der Waals surface area contributed by atoms with Crippen molar-refractivity contribution in [2.75, 3.05) is 13.7 Å². The molecule has 3 aromatic rings. The molecule has 1 N–H and O–H groups in total. The quantitative estimate of drug-likeness (QED) is 0.496. The van der Waals surface area contributed by atoms with Crippen molar-refractivity contribution >= 4 is 11.2 Å². The third kappa shape index (κ3) is 5.11. The van der Waals surface area contributed by atoms with E-state index in [0.717, 1.165) is 12.5 Å². The number of benzene rings is 1. The molecule has 0 saturated heterocycles. The molecule has 0 aliphatic carbocycles. The average Bonchev–Trinajstić information content (AvgIpc) is 3.08. The Hall–Kier alpha value is -2.61. The summed E-state index contributed by atoms with van der Waals surface area (Å²) in [4.78, 5) is 11.6. The van der Waals surface area contributed by atoms with Gasteiger partial charge in [-0.3, -0.25) is 0 Å². The first kappa shape index (κ1) is 22.1. The summed E-state index contributed by atoms with van der Waals surface area (Å²) >= 11 is 0. The number of nitrogens with zero attached hydrogens (tertiary/aromatic N) is 2. The van der Waals surface area contributed by atoms with Crippen molar-refractivity contribution in [3.63, 3.8) is 0 Å². The van der Waals surface area contributed by atoms with Crippen LogP contribution < -0.4 is 4.74 Å². The van der Waals surface area contributed by atoms with E-state index in [1.54, 1.807) is 12.1 Å². The number of aromatic amines is 1. The van der Waals surface area contributed by atoms with Crippen LogP contribution in [0.2, 0.25) is 0 Å². The zero-order valence-electron chi connectivity index (χ0n) is 17.5. The topological polar surface area (TPSA) is 60.0 Å². The van der Waals surface area contributed by atoms with Crippen LogP contribution in [0, 0.1) is 11.8 Å². The lowest BCUT2D eigenvalue weighted by atomic mass is 9.99. The van der Waals surface area contributed by atoms with Crippen molar-refractivity contribution in [1.29, 1.82) is 0 Å². The second-order valence-electron chi connectivity index (χ2n) is 7.93. The highest BCUT2D eigenvalue weighted by molar-refractivity contribution is 5.90. The Morgan fingerprint density at radius 3 is 2.57 bits per heavy atom. The highest BCUT2D eigenvalue weighted by atomic mass is 19.4. The summed E-state index contributed by atoms with van der Waals surface area (Å²) in [6.07, 6.45) is -2.12. The van der Waals surface area contributed by atoms with Gasteiger partial charge in [-0.1, -0.05) is 26.8 Å². The molecule has 0 aliphatic rings. The molecule has 0 amide bonds. The van der Waals surface area contributed by atoms with Gasteiger partial charge >= 0.3 is 6.18 Å². The molecule has 30 heavy (non-hydrogen) atoms. The van der Waals surface area contributed by atoms with Gasteiger partial charge in [-0.2, -0.15) is 13.2 Å². The lowest BCUT2D eigenvalue weighted by Gasteiger charge is -2.19. The highest BCUT2D eigenvalue weighted by Gasteiger charge is 2.35. The number of pyridine rings is 1. The lowest BCUT2D eigenvalue weighted by Crippen LogP contribution is -2.14. The maximum absolute atomic E-state index is 13.8. The molecule has 2 heterocycles. The van der Waals surface area contributed by atoms with Gasteiger partial charge in [0.05, 0.1) is 17.7 Å². The van der Waals surface area contributed by atoms with E-state index in [9.17, 15) is 13.2 Å². The van der Waals surface area contributed by atoms with Gasteiger partial charge in [0.2, 0.25) is 0 Å². The van der Waals surface area contributed by atoms with Crippen molar-refractivity contribution in [3.8, 4) is 16.9 Å². The van der Waals surface area contributed by atoms with Gasteiger partial charge in [0, 0.05) is 18.9 Å². The molecule has 5 nitrogen and oxygen atoms in total. The molecule has 1 unspecified atom stereocenters. The Kier molecular flexibility index (Phi) is 6.65. The van der Waals surface area contributed by atoms with Crippen molar-refractivity contribution in [2.24, 2.45) is 11.8 Å². The fourth-order valence-corrected chi connectivity index (χ4v) is 3.55. The van der Waals surface area contributed by atoms with Gasteiger partial charge in [-0.05, 0) is 42.0 Å². The lowest BCUT2D eigenvalue weighted by molar-refractivity contribution is -0.139. The third-order valence-corrected chi connectivity index (χ3v) is 4.72. The minimum Gasteiger partial charge on any atom is -0.493 e. The number of nitrogens with one attached hydrogen (secondary N) is 1. The molecule has 3 rings (SSSR count). The molecule has 0 bridgehead atoms. The molecule has 0 aliphatic heterocycles. The zero-order chi connectivity index (χ0) is 21.9. The van der Waals surface area contributed by atoms with E-state index in [2.05, 4.69) is 28.8 Å². The molecule has 8 heteroatoms. The van der Waals surface area contributed by atoms with E-state index in [1.165, 1.54) is 19.4 Å². The normalized spacial score (nSPS) is 13.2. The number of methoxy groups -OCH3 is 1. The van der Waals surface area contributed by atoms with Crippen LogP contribution in [0.5, 0.6) is 5.75 Å². The maximum atomic E-state index is 13.8. The predicted octanol–water partition coefficient (Wildman–Crippen LogP) is 5.85. The number of fused-ring (bicyclic) bond motifs is 1. The smallest absolute Gasteiger partial charge is 0.419 e. The Bertz CT molecular complexity index is 999. The molecule has 2 aromatic heterocycles. The van der Waals surface area contributed by atoms with Gasteiger partial charge in [0.15, 0.2) is 5.65 Å². The number of H-pyrrole nitrogens is 1. The zero-order valence-corrected chi connectivity index (χ0v) is 17.5. The van der Waals surface area contributed by atoms with E-state index in [1.807, 2.05) is 6.92 Å². The second-order valence-corrected chi connectivity index (χ2v) is 7.93. The van der Waals surface area contributed by atoms with Crippen LogP contribution in [0.4, 0.5) is 13.2 Å². The van der Waals surface area contributed by atoms with Crippen LogP contribution in [-0.4, -0.2) is 28.7 Å². The first-order valence-electron chi connectivity index (χ1n) is 9.86. The van der Waals surface area contributed by atoms with Crippen molar-refractivity contribution in [1.82, 2.24) is 15.0 Å². The van der Waals surface area contributed by atoms with Crippen LogP contribution in [0.3, 0.4) is 0 Å². The second kappa shape index (κ2) is 9.04. The Morgan fingerprint density at radius 1 is 1.13 bits per heavy atom. The van der Waals surface area contributed by atoms with E-state index in [-0.39, 0.29) is 24.9 Å². The first-order valence-corrected chi connectivity index (χ1v) is 9.86. The van der Waals surface area contributed by atoms with Gasteiger partial charge in [-0.25, -0.2) is 9.97 Å². The predicted molar refractivity (Wildman–Crippen MR) is 109 cm³/mol. The number of hydrogen-bond donors (Lipinski definition) is 1. The summed E-state index contributed by atoms with van der Waals surface area (Å²) < 4.78 is 51.9. The molecule has 0 fully saturated rings. The summed E-state index contributed by atoms with van der Waals surface area (Å²) in [5.41, 5.74) is 1.19. The minimum atomic E-state index is -4.53. The molecule has 1 aromatic carbocycles. The standard InChI is InChI=1S/C22H26F3N3O2/c1-13(2)9-14(3)11-30-18-6-5-15(10-17(18)22(23,24)25)16-7-8-26-21-20(16)27-19(28-21)12-29-4/h5-8,10,13-14H,9,11-12H2,1-4H3,(H,26,27,28). The molecule has 0 radical (unpaired) electrons. The monoisotopic (exact) mass is 421 g/mol. The fourth-order valence-electron chi connectivity index (χ4n) is 3.55. The van der Waals surface area contributed by atoms with Gasteiger partial charge in [0.1, 0.15) is 18.2 Å². The number of hydrogen-bond acceptors (Lipinski definition) is 4. The van der Waals surface area contributed by atoms with E-state index in [0.29, 0.717) is 34.0 Å². The maximum Gasteiger partial charge on any atom is 0.419 e. The first-order chi connectivity index (χ1) is 14.2. The number of ether oxygens (including phenoxy) is 2. The van der Waals surface area contributed by atoms with Crippen LogP contribution in [0.15, 0.2) is 30.5 Å². The number of aromatic nitrogens is 3. The van der Waals surface area contributed by atoms with Crippen molar-refractivity contribution in [2.45, 2.75) is 40.0 Å². The van der Waals surface area contributed by atoms with Crippen LogP contribution in [0.1, 0.15) is 38.6 Å². The van der Waals surface area contributed by atoms with E-state index >= 15 is 0 Å². The fraction of sp³-hybridized carbons (Fsp3) is 0.455. The molecule has 0 saturated carbocycles. The molecular weight excluding hydrogens is 395 g/mol. The Morgan fingerprint density at radius 2 is 1.90 bits per heavy atom. The number of alkyl halides is 3. The number of imidazole rings is 1. The van der Waals surface area contributed by atoms with Gasteiger partial charge in [-0.15, -0.1) is 0 Å². The van der Waals surface area contributed by atoms with Crippen LogP contribution in [0.25, 0.3) is 22.3 Å². The average molecular weight is 421 g/mol. The highest BCUT2D eigenvalue weighted by Crippen LogP contribution is 2.40. The largest absolute Gasteiger partial charge is 0.493 e. The summed E-state index contributed by atoms with van der Waals surface area (Å²) in [5, 5.41) is 0. The summed E-state index contributed by atoms with van der Waals surface area (Å²) in [5.74, 6) is 1.02. The van der Waals surface area contributed by atoms with E-state index in [4.69, 9.17) is 9.47 Å². The number of halogens is 3. The summed E-state index contributed by atoms with van der Waals surface area (Å²) in [7, 11) is 1.54. The van der Waals surface area contributed by atoms with Crippen LogP contribution in [-0.2, 0) is 17.5 Å². The minimum absolute atomic E-state index is 0.156. The van der Waals surface area contributed by atoms with Crippen molar-refractivity contribution in [3.05, 3.63) is 41.9 Å². The van der Waals surface area contributed by atoms with Gasteiger partial charge < -0.3 is 14.5 Å². The Balaban J connectivity index is 1.96. The Labute approximate surface area is 173 Å². The van der Waals surface area contributed by atoms with Gasteiger partial charge in [0.25, 0.3) is 0 Å². The molecule has 1 atom stereocenters. The molecule has 162 valence electrons. The summed E-state index contributed by atoms with van der Waals surface area (Å²) in [6, 6.07) is 5.80. The van der Waals surface area contributed by atoms with Crippen LogP contribution >= 0.6 is 0 Å². The summed E-state index contributed by atoms with van der Waals surface area (Å²) in [6.45, 7) is 6.63. The molecule has 0 spiro atoms. The molecular formula is C22H26F3N3O2. The third-order valence-electron chi connectivity index (χ3n) is 4.72. The number of rotatable bonds is 8. The van der Waals surface area contributed by atoms with Crippen molar-refractivity contribution < 1.29 is 22.6 Å². The van der Waals surface area contributed by atoms with E-state index < -0.39 is 11.7 Å². The SMILES string of the molecule is COCc1nc2nccc(-c3ccc(OCC(C)CC(C)C)c(C(F)(F)F)c3)c2[nH]1.